The van der Waals surface area contributed by atoms with Crippen LogP contribution >= 0.6 is 0 Å². The lowest BCUT2D eigenvalue weighted by Crippen LogP contribution is -2.42. The number of ether oxygens (including phenoxy) is 2. The molecule has 0 N–H and O–H groups in total. The zero-order chi connectivity index (χ0) is 25.9. The number of allylic oxidation sites excluding steroid dienone is 4. The molecule has 6 heteroatoms. The van der Waals surface area contributed by atoms with Crippen molar-refractivity contribution >= 4 is 22.5 Å². The highest BCUT2D eigenvalue weighted by Crippen LogP contribution is 2.61. The third-order valence-corrected chi connectivity index (χ3v) is 8.78. The molecule has 0 radical (unpaired) electrons. The summed E-state index contributed by atoms with van der Waals surface area (Å²) in [7, 11) is 4.09. The van der Waals surface area contributed by atoms with E-state index in [9.17, 15) is 9.59 Å². The average molecular weight is 499 g/mol. The van der Waals surface area contributed by atoms with Crippen LogP contribution in [0.1, 0.15) is 44.6 Å². The third kappa shape index (κ3) is 4.02. The van der Waals surface area contributed by atoms with Gasteiger partial charge < -0.3 is 14.4 Å². The molecule has 3 aliphatic carbocycles. The van der Waals surface area contributed by atoms with Crippen LogP contribution in [0.25, 0.3) is 10.8 Å². The highest BCUT2D eigenvalue weighted by molar-refractivity contribution is 6.00. The second kappa shape index (κ2) is 8.95. The van der Waals surface area contributed by atoms with Crippen molar-refractivity contribution in [2.75, 3.05) is 20.6 Å². The lowest BCUT2D eigenvalue weighted by molar-refractivity contribution is -0.147. The number of hydrogen-bond acceptors (Lipinski definition) is 6. The number of aromatic nitrogens is 1. The van der Waals surface area contributed by atoms with Gasteiger partial charge >= 0.3 is 5.97 Å². The predicted molar refractivity (Wildman–Crippen MR) is 142 cm³/mol. The molecule has 0 saturated heterocycles. The van der Waals surface area contributed by atoms with Crippen molar-refractivity contribution in [3.05, 3.63) is 77.4 Å². The molecule has 1 aromatic heterocycles. The maximum atomic E-state index is 13.0. The fourth-order valence-electron chi connectivity index (χ4n) is 7.33. The van der Waals surface area contributed by atoms with Crippen LogP contribution in [0, 0.1) is 17.3 Å². The van der Waals surface area contributed by atoms with E-state index in [2.05, 4.69) is 59.3 Å². The molecule has 192 valence electrons. The molecule has 0 spiro atoms. The maximum absolute atomic E-state index is 13.0. The minimum Gasteiger partial charge on any atom is -0.489 e. The Balaban J connectivity index is 1.40. The Kier molecular flexibility index (Phi) is 5.83. The summed E-state index contributed by atoms with van der Waals surface area (Å²) in [5.41, 5.74) is 2.66. The topological polar surface area (TPSA) is 68.7 Å². The zero-order valence-corrected chi connectivity index (χ0v) is 21.9. The molecule has 2 unspecified atom stereocenters. The monoisotopic (exact) mass is 498 g/mol. The third-order valence-electron chi connectivity index (χ3n) is 8.78. The van der Waals surface area contributed by atoms with Crippen molar-refractivity contribution in [2.24, 2.45) is 17.3 Å². The van der Waals surface area contributed by atoms with E-state index in [1.807, 2.05) is 26.5 Å². The lowest BCUT2D eigenvalue weighted by atomic mass is 9.64. The molecule has 1 aliphatic heterocycles. The number of carbonyl (C=O) groups excluding carboxylic acids is 2. The summed E-state index contributed by atoms with van der Waals surface area (Å²) in [6.45, 7) is 4.62. The molecule has 2 heterocycles. The van der Waals surface area contributed by atoms with Gasteiger partial charge in [-0.05, 0) is 55.1 Å². The number of Topliss-reactive ketones (excluding diaryl/α,β-unsaturated/α-hetero) is 1. The first-order chi connectivity index (χ1) is 17.7. The molecule has 0 amide bonds. The van der Waals surface area contributed by atoms with E-state index in [-0.39, 0.29) is 47.1 Å². The van der Waals surface area contributed by atoms with Crippen LogP contribution in [-0.4, -0.2) is 54.5 Å². The molecule has 4 aliphatic rings. The smallest absolute Gasteiger partial charge is 0.302 e. The Hall–Kier alpha value is -3.25. The quantitative estimate of drug-likeness (QED) is 0.555. The van der Waals surface area contributed by atoms with Gasteiger partial charge in [0, 0.05) is 61.3 Å². The number of rotatable bonds is 4. The van der Waals surface area contributed by atoms with Gasteiger partial charge in [-0.2, -0.15) is 0 Å². The Bertz CT molecular complexity index is 1370. The van der Waals surface area contributed by atoms with Gasteiger partial charge in [0.1, 0.15) is 18.0 Å². The highest BCUT2D eigenvalue weighted by atomic mass is 16.5. The van der Waals surface area contributed by atoms with Gasteiger partial charge in [-0.25, -0.2) is 0 Å². The molecule has 6 atom stereocenters. The molecular weight excluding hydrogens is 464 g/mol. The molecule has 1 fully saturated rings. The van der Waals surface area contributed by atoms with Crippen LogP contribution in [-0.2, 0) is 19.1 Å². The summed E-state index contributed by atoms with van der Waals surface area (Å²) in [5.74, 6) is 1.08. The van der Waals surface area contributed by atoms with Gasteiger partial charge in [0.15, 0.2) is 5.78 Å². The molecule has 37 heavy (non-hydrogen) atoms. The van der Waals surface area contributed by atoms with Crippen molar-refractivity contribution in [1.29, 1.82) is 0 Å². The van der Waals surface area contributed by atoms with E-state index in [1.165, 1.54) is 12.5 Å². The maximum Gasteiger partial charge on any atom is 0.302 e. The predicted octanol–water partition coefficient (Wildman–Crippen LogP) is 4.97. The SMILES string of the molecule is CC(=O)OC1C[C@H]2[C@@H]3OC4=C(C=C3C=C[C@]2(C)[C@H]1c1cccc2cnccc12)C(=O)CC(CN(C)C)C4. The Morgan fingerprint density at radius 2 is 2.08 bits per heavy atom. The number of fused-ring (bicyclic) bond motifs is 4. The number of carbonyl (C=O) groups is 2. The van der Waals surface area contributed by atoms with Crippen molar-refractivity contribution in [3.8, 4) is 0 Å². The van der Waals surface area contributed by atoms with Crippen molar-refractivity contribution in [1.82, 2.24) is 9.88 Å². The highest BCUT2D eigenvalue weighted by Gasteiger charge is 2.58. The normalized spacial score (nSPS) is 32.5. The van der Waals surface area contributed by atoms with Crippen LogP contribution in [0.3, 0.4) is 0 Å². The number of ketones is 1. The van der Waals surface area contributed by atoms with Crippen molar-refractivity contribution < 1.29 is 19.1 Å². The van der Waals surface area contributed by atoms with Gasteiger partial charge in [0.2, 0.25) is 0 Å². The molecular formula is C31H34N2O4. The van der Waals surface area contributed by atoms with Gasteiger partial charge in [0.25, 0.3) is 0 Å². The van der Waals surface area contributed by atoms with E-state index in [1.54, 1.807) is 0 Å². The van der Waals surface area contributed by atoms with Crippen molar-refractivity contribution in [3.63, 3.8) is 0 Å². The van der Waals surface area contributed by atoms with Gasteiger partial charge in [-0.15, -0.1) is 0 Å². The van der Waals surface area contributed by atoms with Crippen LogP contribution in [0.15, 0.2) is 71.8 Å². The minimum atomic E-state index is -0.292. The minimum absolute atomic E-state index is 0.0289. The second-order valence-electron chi connectivity index (χ2n) is 11.6. The molecule has 0 bridgehead atoms. The first-order valence-electron chi connectivity index (χ1n) is 13.2. The average Bonchev–Trinajstić information content (AvgIpc) is 3.14. The van der Waals surface area contributed by atoms with Gasteiger partial charge in [0.05, 0.1) is 5.57 Å². The number of benzene rings is 1. The summed E-state index contributed by atoms with van der Waals surface area (Å²) in [4.78, 5) is 31.7. The van der Waals surface area contributed by atoms with Crippen LogP contribution in [0.5, 0.6) is 0 Å². The molecule has 1 aromatic carbocycles. The van der Waals surface area contributed by atoms with Gasteiger partial charge in [-0.1, -0.05) is 37.3 Å². The number of pyridine rings is 1. The van der Waals surface area contributed by atoms with Crippen molar-refractivity contribution in [2.45, 2.75) is 51.2 Å². The summed E-state index contributed by atoms with van der Waals surface area (Å²) in [6, 6.07) is 8.34. The Labute approximate surface area is 218 Å². The van der Waals surface area contributed by atoms with Crippen LogP contribution in [0.2, 0.25) is 0 Å². The summed E-state index contributed by atoms with van der Waals surface area (Å²) < 4.78 is 12.8. The first kappa shape index (κ1) is 24.1. The molecule has 6 nitrogen and oxygen atoms in total. The van der Waals surface area contributed by atoms with Gasteiger partial charge in [-0.3, -0.25) is 14.6 Å². The Morgan fingerprint density at radius 3 is 2.86 bits per heavy atom. The number of esters is 1. The molecule has 1 saturated carbocycles. The fraction of sp³-hybridized carbons (Fsp3) is 0.452. The summed E-state index contributed by atoms with van der Waals surface area (Å²) >= 11 is 0. The Morgan fingerprint density at radius 1 is 1.24 bits per heavy atom. The lowest BCUT2D eigenvalue weighted by Gasteiger charge is -2.45. The number of nitrogens with zero attached hydrogens (tertiary/aromatic N) is 2. The first-order valence-corrected chi connectivity index (χ1v) is 13.2. The van der Waals surface area contributed by atoms with Crippen LogP contribution in [0.4, 0.5) is 0 Å². The second-order valence-corrected chi connectivity index (χ2v) is 11.6. The standard InChI is InChI=1S/C31H34N2O4/c1-18(34)36-28-15-25-30-20(14-24-26(35)12-19(17-33(3)4)13-27(24)37-30)8-10-31(25,2)29(28)23-7-5-6-21-16-32-11-9-22(21)23/h5-11,14,16,19,25,28-30H,12-13,15,17H2,1-4H3/t19?,25-,28?,29-,30+,31-/m0/s1. The molecule has 2 aromatic rings. The van der Waals surface area contributed by atoms with E-state index in [0.717, 1.165) is 40.6 Å². The fourth-order valence-corrected chi connectivity index (χ4v) is 7.33. The van der Waals surface area contributed by atoms with E-state index in [4.69, 9.17) is 9.47 Å². The zero-order valence-electron chi connectivity index (χ0n) is 21.9. The van der Waals surface area contributed by atoms with E-state index >= 15 is 0 Å². The summed E-state index contributed by atoms with van der Waals surface area (Å²) in [5, 5.41) is 2.21. The van der Waals surface area contributed by atoms with E-state index < -0.39 is 0 Å². The van der Waals surface area contributed by atoms with Crippen LogP contribution < -0.4 is 0 Å². The largest absolute Gasteiger partial charge is 0.489 e. The molecule has 6 rings (SSSR count). The number of hydrogen-bond donors (Lipinski definition) is 0. The van der Waals surface area contributed by atoms with E-state index in [0.29, 0.717) is 12.8 Å². The summed E-state index contributed by atoms with van der Waals surface area (Å²) in [6.07, 6.45) is 11.8.